The smallest absolute Gasteiger partial charge is 0.255 e. The number of hydrogen-bond acceptors (Lipinski definition) is 3. The summed E-state index contributed by atoms with van der Waals surface area (Å²) in [7, 11) is 0. The third kappa shape index (κ3) is 3.73. The first kappa shape index (κ1) is 18.4. The van der Waals surface area contributed by atoms with Crippen molar-refractivity contribution in [1.29, 1.82) is 0 Å². The lowest BCUT2D eigenvalue weighted by Crippen LogP contribution is -2.45. The van der Waals surface area contributed by atoms with Crippen molar-refractivity contribution in [2.75, 3.05) is 5.32 Å². The van der Waals surface area contributed by atoms with Gasteiger partial charge in [0.05, 0.1) is 11.6 Å². The molecule has 0 saturated heterocycles. The Kier molecular flexibility index (Phi) is 5.29. The van der Waals surface area contributed by atoms with Crippen LogP contribution in [0.15, 0.2) is 58.2 Å². The first-order valence-corrected chi connectivity index (χ1v) is 9.20. The summed E-state index contributed by atoms with van der Waals surface area (Å²) in [5, 5.41) is 19.7. The largest absolute Gasteiger partial charge is 0.508 e. The Balaban J connectivity index is 2.02. The number of thiocarbonyl (C=S) groups is 1. The molecule has 1 atom stereocenters. The Labute approximate surface area is 165 Å². The Morgan fingerprint density at radius 3 is 2.69 bits per heavy atom. The van der Waals surface area contributed by atoms with E-state index in [2.05, 4.69) is 31.9 Å². The zero-order valence-electron chi connectivity index (χ0n) is 14.3. The SMILES string of the molecule is CC1=C(C(=O)Nc2ccccc2C)[C@H](c2cc(Br)ccc2O)NC(=S)N1. The van der Waals surface area contributed by atoms with Crippen molar-refractivity contribution < 1.29 is 9.90 Å². The second-order valence-electron chi connectivity index (χ2n) is 6.04. The number of carbonyl (C=O) groups is 1. The van der Waals surface area contributed by atoms with E-state index in [1.165, 1.54) is 0 Å². The molecule has 1 aliphatic rings. The zero-order chi connectivity index (χ0) is 18.8. The third-order valence-electron chi connectivity index (χ3n) is 4.21. The van der Waals surface area contributed by atoms with Crippen LogP contribution in [0.25, 0.3) is 0 Å². The van der Waals surface area contributed by atoms with Gasteiger partial charge in [-0.2, -0.15) is 0 Å². The number of benzene rings is 2. The van der Waals surface area contributed by atoms with Gasteiger partial charge in [-0.05, 0) is 55.9 Å². The van der Waals surface area contributed by atoms with Crippen LogP contribution in [0.2, 0.25) is 0 Å². The van der Waals surface area contributed by atoms with E-state index in [0.29, 0.717) is 21.9 Å². The number of para-hydroxylation sites is 1. The van der Waals surface area contributed by atoms with Crippen molar-refractivity contribution in [2.24, 2.45) is 0 Å². The fourth-order valence-electron chi connectivity index (χ4n) is 2.89. The number of nitrogens with one attached hydrogen (secondary N) is 3. The number of carbonyl (C=O) groups excluding carboxylic acids is 1. The van der Waals surface area contributed by atoms with Gasteiger partial charge in [-0.15, -0.1) is 0 Å². The molecule has 0 spiro atoms. The minimum atomic E-state index is -0.565. The van der Waals surface area contributed by atoms with Gasteiger partial charge in [-0.3, -0.25) is 4.79 Å². The number of halogens is 1. The van der Waals surface area contributed by atoms with Crippen LogP contribution in [0.1, 0.15) is 24.1 Å². The van der Waals surface area contributed by atoms with Gasteiger partial charge in [-0.1, -0.05) is 34.1 Å². The van der Waals surface area contributed by atoms with Gasteiger partial charge in [0.15, 0.2) is 5.11 Å². The molecule has 0 unspecified atom stereocenters. The summed E-state index contributed by atoms with van der Waals surface area (Å²) in [5.41, 5.74) is 3.38. The number of phenols is 1. The Morgan fingerprint density at radius 2 is 1.96 bits per heavy atom. The maximum atomic E-state index is 13.0. The molecule has 1 aliphatic heterocycles. The van der Waals surface area contributed by atoms with Crippen molar-refractivity contribution >= 4 is 44.9 Å². The van der Waals surface area contributed by atoms with Gasteiger partial charge in [-0.25, -0.2) is 0 Å². The molecule has 0 saturated carbocycles. The molecule has 0 radical (unpaired) electrons. The molecule has 26 heavy (non-hydrogen) atoms. The summed E-state index contributed by atoms with van der Waals surface area (Å²) >= 11 is 8.65. The van der Waals surface area contributed by atoms with E-state index in [1.54, 1.807) is 25.1 Å². The summed E-state index contributed by atoms with van der Waals surface area (Å²) in [6.45, 7) is 3.73. The highest BCUT2D eigenvalue weighted by Gasteiger charge is 2.31. The van der Waals surface area contributed by atoms with Crippen molar-refractivity contribution in [2.45, 2.75) is 19.9 Å². The minimum absolute atomic E-state index is 0.0874. The molecule has 7 heteroatoms. The zero-order valence-corrected chi connectivity index (χ0v) is 16.7. The quantitative estimate of drug-likeness (QED) is 0.554. The van der Waals surface area contributed by atoms with E-state index >= 15 is 0 Å². The number of phenolic OH excluding ortho intramolecular Hbond substituents is 1. The molecule has 1 amide bonds. The van der Waals surface area contributed by atoms with Gasteiger partial charge in [0, 0.05) is 21.4 Å². The fraction of sp³-hybridized carbons (Fsp3) is 0.158. The number of allylic oxidation sites excluding steroid dienone is 1. The van der Waals surface area contributed by atoms with E-state index in [-0.39, 0.29) is 11.7 Å². The van der Waals surface area contributed by atoms with Gasteiger partial charge in [0.1, 0.15) is 5.75 Å². The molecule has 0 aromatic heterocycles. The lowest BCUT2D eigenvalue weighted by atomic mass is 9.94. The van der Waals surface area contributed by atoms with Crippen molar-refractivity contribution in [1.82, 2.24) is 10.6 Å². The number of aryl methyl sites for hydroxylation is 1. The Bertz CT molecular complexity index is 927. The van der Waals surface area contributed by atoms with E-state index in [9.17, 15) is 9.90 Å². The topological polar surface area (TPSA) is 73.4 Å². The molecule has 134 valence electrons. The Hall–Kier alpha value is -2.38. The fourth-order valence-corrected chi connectivity index (χ4v) is 3.54. The molecule has 0 aliphatic carbocycles. The lowest BCUT2D eigenvalue weighted by molar-refractivity contribution is -0.113. The first-order chi connectivity index (χ1) is 12.4. The summed E-state index contributed by atoms with van der Waals surface area (Å²) in [4.78, 5) is 13.0. The van der Waals surface area contributed by atoms with E-state index in [0.717, 1.165) is 15.7 Å². The molecule has 0 fully saturated rings. The second kappa shape index (κ2) is 7.47. The van der Waals surface area contributed by atoms with Gasteiger partial charge >= 0.3 is 0 Å². The molecular formula is C19H18BrN3O2S. The monoisotopic (exact) mass is 431 g/mol. The predicted octanol–water partition coefficient (Wildman–Crippen LogP) is 3.89. The van der Waals surface area contributed by atoms with Crippen LogP contribution in [-0.2, 0) is 4.79 Å². The van der Waals surface area contributed by atoms with Crippen molar-refractivity contribution in [3.8, 4) is 5.75 Å². The highest BCUT2D eigenvalue weighted by molar-refractivity contribution is 9.10. The molecule has 2 aromatic carbocycles. The summed E-state index contributed by atoms with van der Waals surface area (Å²) in [6.07, 6.45) is 0. The molecule has 1 heterocycles. The van der Waals surface area contributed by atoms with Gasteiger partial charge < -0.3 is 21.1 Å². The first-order valence-electron chi connectivity index (χ1n) is 8.00. The van der Waals surface area contributed by atoms with E-state index in [4.69, 9.17) is 12.2 Å². The maximum Gasteiger partial charge on any atom is 0.255 e. The predicted molar refractivity (Wildman–Crippen MR) is 110 cm³/mol. The number of anilines is 1. The maximum absolute atomic E-state index is 13.0. The van der Waals surface area contributed by atoms with E-state index < -0.39 is 6.04 Å². The van der Waals surface area contributed by atoms with Crippen molar-refractivity contribution in [3.63, 3.8) is 0 Å². The minimum Gasteiger partial charge on any atom is -0.508 e. The lowest BCUT2D eigenvalue weighted by Gasteiger charge is -2.31. The average molecular weight is 432 g/mol. The van der Waals surface area contributed by atoms with Crippen LogP contribution in [0, 0.1) is 6.92 Å². The highest BCUT2D eigenvalue weighted by Crippen LogP contribution is 2.34. The summed E-state index contributed by atoms with van der Waals surface area (Å²) < 4.78 is 0.799. The summed E-state index contributed by atoms with van der Waals surface area (Å²) in [5.74, 6) is -0.173. The molecule has 5 nitrogen and oxygen atoms in total. The normalized spacial score (nSPS) is 16.7. The number of rotatable bonds is 3. The van der Waals surface area contributed by atoms with Crippen LogP contribution in [0.5, 0.6) is 5.75 Å². The van der Waals surface area contributed by atoms with Crippen LogP contribution in [0.3, 0.4) is 0 Å². The Morgan fingerprint density at radius 1 is 1.23 bits per heavy atom. The number of aromatic hydroxyl groups is 1. The van der Waals surface area contributed by atoms with Gasteiger partial charge in [0.2, 0.25) is 0 Å². The van der Waals surface area contributed by atoms with Crippen LogP contribution in [-0.4, -0.2) is 16.1 Å². The highest BCUT2D eigenvalue weighted by atomic mass is 79.9. The molecule has 4 N–H and O–H groups in total. The van der Waals surface area contributed by atoms with Crippen molar-refractivity contribution in [3.05, 3.63) is 69.3 Å². The van der Waals surface area contributed by atoms with Crippen LogP contribution < -0.4 is 16.0 Å². The van der Waals surface area contributed by atoms with Gasteiger partial charge in [0.25, 0.3) is 5.91 Å². The number of hydrogen-bond donors (Lipinski definition) is 4. The van der Waals surface area contributed by atoms with E-state index in [1.807, 2.05) is 31.2 Å². The average Bonchev–Trinajstić information content (AvgIpc) is 2.58. The van der Waals surface area contributed by atoms with Crippen LogP contribution in [0.4, 0.5) is 5.69 Å². The second-order valence-corrected chi connectivity index (χ2v) is 7.37. The molecule has 0 bridgehead atoms. The standard InChI is InChI=1S/C19H18BrN3O2S/c1-10-5-3-4-6-14(10)22-18(25)16-11(2)21-19(26)23-17(16)13-9-12(20)7-8-15(13)24/h3-9,17,24H,1-2H3,(H,22,25)(H2,21,23,26)/t17-/m0/s1. The van der Waals surface area contributed by atoms with Crippen LogP contribution >= 0.6 is 28.1 Å². The number of amides is 1. The third-order valence-corrected chi connectivity index (χ3v) is 4.92. The molecular weight excluding hydrogens is 414 g/mol. The molecule has 2 aromatic rings. The molecule has 3 rings (SSSR count). The summed E-state index contributed by atoms with van der Waals surface area (Å²) in [6, 6.07) is 12.1.